The van der Waals surface area contributed by atoms with E-state index in [2.05, 4.69) is 24.4 Å². The second kappa shape index (κ2) is 7.23. The summed E-state index contributed by atoms with van der Waals surface area (Å²) >= 11 is 0. The first-order chi connectivity index (χ1) is 10.2. The Hall–Kier alpha value is -1.87. The number of hydrogen-bond donors (Lipinski definition) is 1. The van der Waals surface area contributed by atoms with Crippen LogP contribution in [0.3, 0.4) is 0 Å². The average Bonchev–Trinajstić information content (AvgIpc) is 2.53. The predicted octanol–water partition coefficient (Wildman–Crippen LogP) is 4.29. The number of benzene rings is 2. The zero-order chi connectivity index (χ0) is 15.2. The highest BCUT2D eigenvalue weighted by molar-refractivity contribution is 5.34. The van der Waals surface area contributed by atoms with Crippen molar-refractivity contribution < 1.29 is 9.13 Å². The van der Waals surface area contributed by atoms with E-state index in [9.17, 15) is 4.39 Å². The molecule has 0 amide bonds. The van der Waals surface area contributed by atoms with E-state index < -0.39 is 0 Å². The van der Waals surface area contributed by atoms with Crippen LogP contribution in [0.15, 0.2) is 48.5 Å². The van der Waals surface area contributed by atoms with E-state index in [4.69, 9.17) is 4.74 Å². The Bertz CT molecular complexity index is 571. The highest BCUT2D eigenvalue weighted by Crippen LogP contribution is 2.35. The highest BCUT2D eigenvalue weighted by Gasteiger charge is 2.24. The molecule has 2 atom stereocenters. The Kier molecular flexibility index (Phi) is 5.34. The lowest BCUT2D eigenvalue weighted by molar-refractivity contribution is 0.406. The van der Waals surface area contributed by atoms with E-state index >= 15 is 0 Å². The Morgan fingerprint density at radius 1 is 1.14 bits per heavy atom. The number of likely N-dealkylation sites (N-methyl/N-ethyl adjacent to an activating group) is 1. The molecule has 2 nitrogen and oxygen atoms in total. The molecule has 112 valence electrons. The normalized spacial score (nSPS) is 13.7. The summed E-state index contributed by atoms with van der Waals surface area (Å²) in [7, 11) is 3.42. The third kappa shape index (κ3) is 3.42. The van der Waals surface area contributed by atoms with Crippen LogP contribution in [0.1, 0.15) is 36.4 Å². The van der Waals surface area contributed by atoms with E-state index in [1.807, 2.05) is 25.2 Å². The van der Waals surface area contributed by atoms with Crippen LogP contribution in [0.5, 0.6) is 5.75 Å². The van der Waals surface area contributed by atoms with E-state index in [0.717, 1.165) is 6.42 Å². The van der Waals surface area contributed by atoms with Crippen LogP contribution in [-0.4, -0.2) is 14.2 Å². The van der Waals surface area contributed by atoms with Gasteiger partial charge >= 0.3 is 0 Å². The van der Waals surface area contributed by atoms with Crippen molar-refractivity contribution in [1.29, 1.82) is 0 Å². The van der Waals surface area contributed by atoms with Crippen LogP contribution in [0.4, 0.5) is 4.39 Å². The van der Waals surface area contributed by atoms with Crippen LogP contribution in [0.25, 0.3) is 0 Å². The van der Waals surface area contributed by atoms with Gasteiger partial charge in [0, 0.05) is 23.6 Å². The van der Waals surface area contributed by atoms with Crippen LogP contribution in [-0.2, 0) is 0 Å². The summed E-state index contributed by atoms with van der Waals surface area (Å²) in [5, 5.41) is 3.27. The number of ether oxygens (including phenoxy) is 1. The van der Waals surface area contributed by atoms with E-state index in [1.54, 1.807) is 19.2 Å². The Labute approximate surface area is 126 Å². The zero-order valence-electron chi connectivity index (χ0n) is 12.8. The molecule has 2 rings (SSSR count). The van der Waals surface area contributed by atoms with Gasteiger partial charge in [-0.2, -0.15) is 0 Å². The summed E-state index contributed by atoms with van der Waals surface area (Å²) in [4.78, 5) is 0. The number of methoxy groups -OCH3 is 1. The standard InChI is InChI=1S/C18H22FNO/c1-4-15(13-8-6-5-7-9-13)18(20-2)16-11-10-14(21-3)12-17(16)19/h5-12,15,18,20H,4H2,1-3H3. The maximum atomic E-state index is 14.4. The topological polar surface area (TPSA) is 21.3 Å². The van der Waals surface area contributed by atoms with Crippen molar-refractivity contribution in [1.82, 2.24) is 5.32 Å². The van der Waals surface area contributed by atoms with Gasteiger partial charge in [0.25, 0.3) is 0 Å². The van der Waals surface area contributed by atoms with Crippen LogP contribution in [0.2, 0.25) is 0 Å². The van der Waals surface area contributed by atoms with E-state index in [0.29, 0.717) is 11.3 Å². The molecule has 0 aliphatic heterocycles. The minimum Gasteiger partial charge on any atom is -0.497 e. The summed E-state index contributed by atoms with van der Waals surface area (Å²) in [5.74, 6) is 0.529. The third-order valence-electron chi connectivity index (χ3n) is 3.92. The van der Waals surface area contributed by atoms with Gasteiger partial charge in [-0.15, -0.1) is 0 Å². The smallest absolute Gasteiger partial charge is 0.131 e. The molecule has 0 radical (unpaired) electrons. The van der Waals surface area contributed by atoms with Crippen LogP contribution < -0.4 is 10.1 Å². The molecule has 21 heavy (non-hydrogen) atoms. The Morgan fingerprint density at radius 3 is 2.38 bits per heavy atom. The van der Waals surface area contributed by atoms with Crippen LogP contribution >= 0.6 is 0 Å². The quantitative estimate of drug-likeness (QED) is 0.856. The van der Waals surface area contributed by atoms with Crippen molar-refractivity contribution in [2.24, 2.45) is 0 Å². The first-order valence-corrected chi connectivity index (χ1v) is 7.26. The van der Waals surface area contributed by atoms with Crippen molar-refractivity contribution in [3.63, 3.8) is 0 Å². The number of nitrogens with one attached hydrogen (secondary N) is 1. The second-order valence-corrected chi connectivity index (χ2v) is 5.08. The van der Waals surface area contributed by atoms with Gasteiger partial charge in [-0.3, -0.25) is 0 Å². The molecule has 2 aromatic rings. The Balaban J connectivity index is 2.38. The molecule has 2 unspecified atom stereocenters. The minimum absolute atomic E-state index is 0.0664. The molecular formula is C18H22FNO. The SMILES string of the molecule is CCC(c1ccccc1)C(NC)c1ccc(OC)cc1F. The fourth-order valence-electron chi connectivity index (χ4n) is 2.82. The molecule has 0 saturated carbocycles. The van der Waals surface area contributed by atoms with Crippen molar-refractivity contribution >= 4 is 0 Å². The molecular weight excluding hydrogens is 265 g/mol. The first kappa shape index (κ1) is 15.5. The molecule has 0 bridgehead atoms. The molecule has 0 spiro atoms. The van der Waals surface area contributed by atoms with Gasteiger partial charge in [0.15, 0.2) is 0 Å². The van der Waals surface area contributed by atoms with E-state index in [-0.39, 0.29) is 17.8 Å². The molecule has 0 saturated heterocycles. The molecule has 0 fully saturated rings. The fraction of sp³-hybridized carbons (Fsp3) is 0.333. The molecule has 0 aliphatic carbocycles. The molecule has 0 heterocycles. The maximum Gasteiger partial charge on any atom is 0.131 e. The van der Waals surface area contributed by atoms with Crippen molar-refractivity contribution in [2.45, 2.75) is 25.3 Å². The average molecular weight is 287 g/mol. The van der Waals surface area contributed by atoms with Crippen molar-refractivity contribution in [3.8, 4) is 5.75 Å². The van der Waals surface area contributed by atoms with Gasteiger partial charge in [0.05, 0.1) is 7.11 Å². The largest absolute Gasteiger partial charge is 0.497 e. The predicted molar refractivity (Wildman–Crippen MR) is 84.2 cm³/mol. The highest BCUT2D eigenvalue weighted by atomic mass is 19.1. The van der Waals surface area contributed by atoms with Gasteiger partial charge in [0.1, 0.15) is 11.6 Å². The van der Waals surface area contributed by atoms with Gasteiger partial charge in [-0.05, 0) is 25.1 Å². The lowest BCUT2D eigenvalue weighted by Crippen LogP contribution is -2.24. The monoisotopic (exact) mass is 287 g/mol. The third-order valence-corrected chi connectivity index (χ3v) is 3.92. The first-order valence-electron chi connectivity index (χ1n) is 7.26. The van der Waals surface area contributed by atoms with Crippen molar-refractivity contribution in [3.05, 3.63) is 65.5 Å². The van der Waals surface area contributed by atoms with Gasteiger partial charge in [-0.25, -0.2) is 4.39 Å². The summed E-state index contributed by atoms with van der Waals surface area (Å²) in [6.45, 7) is 2.13. The lowest BCUT2D eigenvalue weighted by Gasteiger charge is -2.27. The van der Waals surface area contributed by atoms with E-state index in [1.165, 1.54) is 11.6 Å². The Morgan fingerprint density at radius 2 is 1.86 bits per heavy atom. The molecule has 0 aromatic heterocycles. The second-order valence-electron chi connectivity index (χ2n) is 5.08. The minimum atomic E-state index is -0.233. The molecule has 3 heteroatoms. The zero-order valence-corrected chi connectivity index (χ0v) is 12.8. The summed E-state index contributed by atoms with van der Waals surface area (Å²) in [6, 6.07) is 15.2. The number of rotatable bonds is 6. The summed E-state index contributed by atoms with van der Waals surface area (Å²) < 4.78 is 19.4. The lowest BCUT2D eigenvalue weighted by atomic mass is 9.85. The molecule has 0 aliphatic rings. The number of hydrogen-bond acceptors (Lipinski definition) is 2. The maximum absolute atomic E-state index is 14.4. The van der Waals surface area contributed by atoms with Gasteiger partial charge < -0.3 is 10.1 Å². The van der Waals surface area contributed by atoms with Crippen LogP contribution in [0, 0.1) is 5.82 Å². The van der Waals surface area contributed by atoms with Crippen molar-refractivity contribution in [2.75, 3.05) is 14.2 Å². The summed E-state index contributed by atoms with van der Waals surface area (Å²) in [6.07, 6.45) is 0.932. The fourth-order valence-corrected chi connectivity index (χ4v) is 2.82. The van der Waals surface area contributed by atoms with Gasteiger partial charge in [0.2, 0.25) is 0 Å². The van der Waals surface area contributed by atoms with Gasteiger partial charge in [-0.1, -0.05) is 43.3 Å². The molecule has 2 aromatic carbocycles. The number of halogens is 1. The summed E-state index contributed by atoms with van der Waals surface area (Å²) in [5.41, 5.74) is 1.89. The molecule has 1 N–H and O–H groups in total.